The zero-order chi connectivity index (χ0) is 46.5. The third-order valence-corrected chi connectivity index (χ3v) is 14.5. The van der Waals surface area contributed by atoms with E-state index in [2.05, 4.69) is 87.6 Å². The Balaban J connectivity index is 2.48. The second-order valence-electron chi connectivity index (χ2n) is 21.0. The Hall–Kier alpha value is -1.60. The zero-order valence-corrected chi connectivity index (χ0v) is 44.9. The molecular weight excluding hydrogens is 783 g/mol. The van der Waals surface area contributed by atoms with Gasteiger partial charge in [0.25, 0.3) is 0 Å². The number of rotatable bonds is 53. The second kappa shape index (κ2) is 51.8. The predicted molar refractivity (Wildman–Crippen MR) is 297 cm³/mol. The molecule has 0 bridgehead atoms. The maximum atomic E-state index is 2.46. The Morgan fingerprint density at radius 2 is 0.477 bits per heavy atom. The lowest BCUT2D eigenvalue weighted by Crippen LogP contribution is -2.49. The Labute approximate surface area is 410 Å². The van der Waals surface area contributed by atoms with Crippen LogP contribution in [0.5, 0.6) is 0 Å². The summed E-state index contributed by atoms with van der Waals surface area (Å²) in [6.07, 6.45) is 77.8. The van der Waals surface area contributed by atoms with Crippen molar-refractivity contribution >= 4 is 0 Å². The molecule has 0 N–H and O–H groups in total. The first-order valence-electron chi connectivity index (χ1n) is 30.1. The zero-order valence-electron chi connectivity index (χ0n) is 44.9. The molecule has 0 atom stereocenters. The van der Waals surface area contributed by atoms with Crippen molar-refractivity contribution in [1.82, 2.24) is 0 Å². The fourth-order valence-electron chi connectivity index (χ4n) is 10.2. The van der Waals surface area contributed by atoms with Crippen molar-refractivity contribution in [1.29, 1.82) is 0 Å². The van der Waals surface area contributed by atoms with E-state index in [1.54, 1.807) is 5.56 Å². The van der Waals surface area contributed by atoms with E-state index < -0.39 is 0 Å². The van der Waals surface area contributed by atoms with Crippen LogP contribution in [0, 0.1) is 0 Å². The van der Waals surface area contributed by atoms with E-state index in [9.17, 15) is 0 Å². The smallest absolute Gasteiger partial charge is 0.104 e. The summed E-state index contributed by atoms with van der Waals surface area (Å²) in [4.78, 5) is 0. The molecular formula is C64H118N+. The third kappa shape index (κ3) is 44.7. The molecule has 0 radical (unpaired) electrons. The summed E-state index contributed by atoms with van der Waals surface area (Å²) < 4.78 is 1.34. The average Bonchev–Trinajstić information content (AvgIpc) is 3.32. The summed E-state index contributed by atoms with van der Waals surface area (Å²) in [5, 5.41) is 0. The van der Waals surface area contributed by atoms with Crippen molar-refractivity contribution in [3.05, 3.63) is 72.4 Å². The Morgan fingerprint density at radius 3 is 0.723 bits per heavy atom. The molecule has 1 aromatic rings. The Morgan fingerprint density at radius 1 is 0.262 bits per heavy atom. The standard InChI is InChI=1S/C64H118N/c1-4-7-10-13-16-19-22-25-28-31-34-37-40-43-46-49-55-60-65(63-64-58-53-52-54-59-64,61-56-50-47-44-41-38-35-32-29-26-23-20-17-14-11-8-5-2)62-57-51-48-45-42-39-36-33-30-27-24-21-18-15-12-9-6-3/h19-24,52-54,58-59H,4-18,25-51,55-57,60-63H2,1-3H3/q+1/b22-19+,23-20+,24-21+. The van der Waals surface area contributed by atoms with Crippen LogP contribution in [-0.4, -0.2) is 24.1 Å². The van der Waals surface area contributed by atoms with Crippen LogP contribution in [0.15, 0.2) is 66.8 Å². The van der Waals surface area contributed by atoms with Crippen molar-refractivity contribution in [2.45, 2.75) is 316 Å². The van der Waals surface area contributed by atoms with Crippen LogP contribution in [0.25, 0.3) is 0 Å². The van der Waals surface area contributed by atoms with Gasteiger partial charge in [0.05, 0.1) is 19.6 Å². The van der Waals surface area contributed by atoms with Crippen LogP contribution < -0.4 is 0 Å². The van der Waals surface area contributed by atoms with Crippen molar-refractivity contribution in [2.75, 3.05) is 19.6 Å². The summed E-state index contributed by atoms with van der Waals surface area (Å²) in [6.45, 7) is 12.3. The molecule has 378 valence electrons. The molecule has 65 heavy (non-hydrogen) atoms. The van der Waals surface area contributed by atoms with Crippen LogP contribution in [0.3, 0.4) is 0 Å². The first-order chi connectivity index (χ1) is 32.3. The van der Waals surface area contributed by atoms with E-state index in [4.69, 9.17) is 0 Å². The molecule has 0 aliphatic heterocycles. The number of unbranched alkanes of at least 4 members (excludes halogenated alkanes) is 39. The first-order valence-corrected chi connectivity index (χ1v) is 30.1. The molecule has 0 spiro atoms. The number of allylic oxidation sites excluding steroid dienone is 6. The molecule has 0 heterocycles. The SMILES string of the molecule is CCCCCC/C=C/CCCCCCCCCCC[N+](CCCCCCCCCCC/C=C/CCCCCC)(CCCCCCCCCCC/C=C/CCCCCC)Cc1ccccc1. The monoisotopic (exact) mass is 901 g/mol. The van der Waals surface area contributed by atoms with Gasteiger partial charge in [-0.25, -0.2) is 0 Å². The van der Waals surface area contributed by atoms with Gasteiger partial charge in [-0.15, -0.1) is 0 Å². The van der Waals surface area contributed by atoms with E-state index in [0.29, 0.717) is 0 Å². The molecule has 1 nitrogen and oxygen atoms in total. The average molecular weight is 902 g/mol. The summed E-state index contributed by atoms with van der Waals surface area (Å²) >= 11 is 0. The minimum atomic E-state index is 1.25. The molecule has 0 unspecified atom stereocenters. The van der Waals surface area contributed by atoms with Crippen LogP contribution in [0.4, 0.5) is 0 Å². The first kappa shape index (κ1) is 61.4. The highest BCUT2D eigenvalue weighted by molar-refractivity contribution is 5.13. The number of quaternary nitrogens is 1. The van der Waals surface area contributed by atoms with Gasteiger partial charge in [-0.05, 0) is 116 Å². The molecule has 1 heteroatoms. The summed E-state index contributed by atoms with van der Waals surface area (Å²) in [6, 6.07) is 11.6. The van der Waals surface area contributed by atoms with E-state index in [1.807, 2.05) is 0 Å². The largest absolute Gasteiger partial charge is 0.320 e. The van der Waals surface area contributed by atoms with Gasteiger partial charge in [-0.2, -0.15) is 0 Å². The maximum Gasteiger partial charge on any atom is 0.104 e. The van der Waals surface area contributed by atoms with Gasteiger partial charge < -0.3 is 4.48 Å². The second-order valence-corrected chi connectivity index (χ2v) is 21.0. The van der Waals surface area contributed by atoms with Crippen LogP contribution in [-0.2, 0) is 6.54 Å². The molecule has 1 aromatic carbocycles. The van der Waals surface area contributed by atoms with Crippen LogP contribution in [0.2, 0.25) is 0 Å². The molecule has 0 aliphatic carbocycles. The summed E-state index contributed by atoms with van der Waals surface area (Å²) in [7, 11) is 0. The fraction of sp³-hybridized carbons (Fsp3) is 0.812. The fourth-order valence-corrected chi connectivity index (χ4v) is 10.2. The minimum absolute atomic E-state index is 1.25. The van der Waals surface area contributed by atoms with Gasteiger partial charge in [-0.3, -0.25) is 0 Å². The van der Waals surface area contributed by atoms with E-state index in [0.717, 1.165) is 0 Å². The summed E-state index contributed by atoms with van der Waals surface area (Å²) in [5.41, 5.74) is 1.57. The predicted octanol–water partition coefficient (Wildman–Crippen LogP) is 22.3. The highest BCUT2D eigenvalue weighted by Gasteiger charge is 2.26. The topological polar surface area (TPSA) is 0 Å². The molecule has 0 aliphatic rings. The normalized spacial score (nSPS) is 12.3. The molecule has 0 saturated carbocycles. The number of nitrogens with zero attached hydrogens (tertiary/aromatic N) is 1. The summed E-state index contributed by atoms with van der Waals surface area (Å²) in [5.74, 6) is 0. The molecule has 1 rings (SSSR count). The number of benzene rings is 1. The molecule has 0 amide bonds. The van der Waals surface area contributed by atoms with E-state index in [1.165, 1.54) is 320 Å². The maximum absolute atomic E-state index is 2.46. The van der Waals surface area contributed by atoms with Crippen molar-refractivity contribution in [3.63, 3.8) is 0 Å². The van der Waals surface area contributed by atoms with Crippen molar-refractivity contribution in [2.24, 2.45) is 0 Å². The van der Waals surface area contributed by atoms with Gasteiger partial charge >= 0.3 is 0 Å². The Kier molecular flexibility index (Phi) is 48.9. The van der Waals surface area contributed by atoms with Gasteiger partial charge in [0, 0.05) is 5.56 Å². The number of hydrogen-bond donors (Lipinski definition) is 0. The number of hydrogen-bond acceptors (Lipinski definition) is 0. The third-order valence-electron chi connectivity index (χ3n) is 14.5. The lowest BCUT2D eigenvalue weighted by atomic mass is 10.0. The van der Waals surface area contributed by atoms with Gasteiger partial charge in [-0.1, -0.05) is 261 Å². The van der Waals surface area contributed by atoms with E-state index >= 15 is 0 Å². The lowest BCUT2D eigenvalue weighted by molar-refractivity contribution is -0.941. The Bertz CT molecular complexity index is 1010. The quantitative estimate of drug-likeness (QED) is 0.0347. The van der Waals surface area contributed by atoms with Gasteiger partial charge in [0.15, 0.2) is 0 Å². The molecule has 0 saturated heterocycles. The highest BCUT2D eigenvalue weighted by atomic mass is 15.3. The molecule has 0 fully saturated rings. The van der Waals surface area contributed by atoms with Crippen LogP contribution >= 0.6 is 0 Å². The van der Waals surface area contributed by atoms with Crippen molar-refractivity contribution < 1.29 is 4.48 Å². The minimum Gasteiger partial charge on any atom is -0.320 e. The highest BCUT2D eigenvalue weighted by Crippen LogP contribution is 2.23. The molecule has 0 aromatic heterocycles. The van der Waals surface area contributed by atoms with Gasteiger partial charge in [0.2, 0.25) is 0 Å². The lowest BCUT2D eigenvalue weighted by Gasteiger charge is -2.39. The van der Waals surface area contributed by atoms with Gasteiger partial charge in [0.1, 0.15) is 6.54 Å². The van der Waals surface area contributed by atoms with E-state index in [-0.39, 0.29) is 0 Å². The van der Waals surface area contributed by atoms with Crippen LogP contribution in [0.1, 0.15) is 315 Å². The van der Waals surface area contributed by atoms with Crippen molar-refractivity contribution in [3.8, 4) is 0 Å².